The van der Waals surface area contributed by atoms with Gasteiger partial charge in [-0.25, -0.2) is 4.79 Å². The molecule has 11 heteroatoms. The Hall–Kier alpha value is -3.93. The van der Waals surface area contributed by atoms with E-state index in [2.05, 4.69) is 10.2 Å². The average molecular weight is 607 g/mol. The van der Waals surface area contributed by atoms with Crippen LogP contribution >= 0.6 is 0 Å². The third-order valence-electron chi connectivity index (χ3n) is 9.33. The van der Waals surface area contributed by atoms with Crippen LogP contribution in [0.2, 0.25) is 0 Å². The maximum absolute atomic E-state index is 13.4. The van der Waals surface area contributed by atoms with Crippen molar-refractivity contribution in [2.24, 2.45) is 0 Å². The van der Waals surface area contributed by atoms with Crippen molar-refractivity contribution in [2.45, 2.75) is 87.4 Å². The monoisotopic (exact) mass is 606 g/mol. The van der Waals surface area contributed by atoms with E-state index in [-0.39, 0.29) is 29.7 Å². The predicted octanol–water partition coefficient (Wildman–Crippen LogP) is 2.16. The van der Waals surface area contributed by atoms with Crippen LogP contribution in [0.4, 0.5) is 0 Å². The molecule has 44 heavy (non-hydrogen) atoms. The Morgan fingerprint density at radius 3 is 2.59 bits per heavy atom. The number of nitrogens with one attached hydrogen (secondary N) is 1. The van der Waals surface area contributed by atoms with Crippen molar-refractivity contribution in [1.82, 2.24) is 10.2 Å². The first-order chi connectivity index (χ1) is 20.7. The summed E-state index contributed by atoms with van der Waals surface area (Å²) in [5.74, 6) is -2.18. The summed E-state index contributed by atoms with van der Waals surface area (Å²) in [4.78, 5) is 41.7. The molecule has 2 aromatic carbocycles. The largest absolute Gasteiger partial charge is 0.504 e. The van der Waals surface area contributed by atoms with Crippen LogP contribution in [0.5, 0.6) is 11.5 Å². The highest BCUT2D eigenvalue weighted by molar-refractivity contribution is 5.90. The van der Waals surface area contributed by atoms with Crippen LogP contribution in [0.25, 0.3) is 0 Å². The van der Waals surface area contributed by atoms with Crippen molar-refractivity contribution >= 4 is 17.8 Å². The number of nitrogens with zero attached hydrogens (tertiary/aromatic N) is 1. The lowest BCUT2D eigenvalue weighted by Crippen LogP contribution is -2.74. The van der Waals surface area contributed by atoms with Crippen molar-refractivity contribution in [2.75, 3.05) is 13.6 Å². The molecule has 1 saturated heterocycles. The summed E-state index contributed by atoms with van der Waals surface area (Å²) >= 11 is 0. The number of piperidine rings is 1. The molecular weight excluding hydrogens is 568 g/mol. The first-order valence-electron chi connectivity index (χ1n) is 14.9. The van der Waals surface area contributed by atoms with Crippen molar-refractivity contribution in [3.8, 4) is 11.5 Å². The van der Waals surface area contributed by atoms with Crippen LogP contribution in [0.3, 0.4) is 0 Å². The van der Waals surface area contributed by atoms with Gasteiger partial charge in [-0.1, -0.05) is 36.4 Å². The number of carbonyl (C=O) groups excluding carboxylic acids is 3. The molecule has 0 radical (unpaired) electrons. The first-order valence-corrected chi connectivity index (χ1v) is 14.9. The fraction of sp³-hybridized carbons (Fsp3) is 0.485. The molecule has 2 aromatic rings. The zero-order chi connectivity index (χ0) is 31.6. The van der Waals surface area contributed by atoms with Gasteiger partial charge in [0, 0.05) is 18.0 Å². The van der Waals surface area contributed by atoms with E-state index in [0.29, 0.717) is 24.9 Å². The van der Waals surface area contributed by atoms with Gasteiger partial charge >= 0.3 is 11.9 Å². The molecule has 0 unspecified atom stereocenters. The number of esters is 2. The number of rotatable bonds is 7. The van der Waals surface area contributed by atoms with E-state index in [4.69, 9.17) is 14.2 Å². The Morgan fingerprint density at radius 1 is 1.16 bits per heavy atom. The molecule has 1 spiro atoms. The van der Waals surface area contributed by atoms with Gasteiger partial charge in [-0.05, 0) is 70.5 Å². The Balaban J connectivity index is 1.26. The molecule has 2 bridgehead atoms. The Labute approximate surface area is 255 Å². The van der Waals surface area contributed by atoms with E-state index in [1.165, 1.54) is 0 Å². The standard InChI is InChI=1S/C33H38N2O9/c1-31(2,3)44-30(40)20(34-29(39)26(38)18-8-6-5-7-9-18)17-24(37)42-22-12-13-33(41)23-16-19-10-11-21(36)27-25(19)32(33,28(22)43-27)14-15-35(23)4/h5-12,20,23,26,28,36,38,41H,13-17H2,1-4H3,(H,34,39)/t20-,23+,26-,28-,32-,33+/m0/s1. The molecule has 2 aliphatic carbocycles. The van der Waals surface area contributed by atoms with Gasteiger partial charge in [0.05, 0.1) is 17.4 Å². The van der Waals surface area contributed by atoms with Gasteiger partial charge in [0.15, 0.2) is 23.7 Å². The van der Waals surface area contributed by atoms with Gasteiger partial charge in [0.25, 0.3) is 5.91 Å². The van der Waals surface area contributed by atoms with E-state index >= 15 is 0 Å². The molecule has 234 valence electrons. The lowest BCUT2D eigenvalue weighted by Gasteiger charge is -2.61. The van der Waals surface area contributed by atoms with Crippen LogP contribution in [0.15, 0.2) is 54.3 Å². The van der Waals surface area contributed by atoms with Crippen molar-refractivity contribution in [1.29, 1.82) is 0 Å². The highest BCUT2D eigenvalue weighted by Gasteiger charge is 2.72. The number of likely N-dealkylation sites (N-methyl/N-ethyl adjacent to an activating group) is 1. The van der Waals surface area contributed by atoms with Gasteiger partial charge in [-0.2, -0.15) is 0 Å². The van der Waals surface area contributed by atoms with Crippen LogP contribution in [-0.4, -0.2) is 81.0 Å². The second-order valence-corrected chi connectivity index (χ2v) is 13.2. The third kappa shape index (κ3) is 4.74. The van der Waals surface area contributed by atoms with Gasteiger partial charge in [-0.3, -0.25) is 9.59 Å². The highest BCUT2D eigenvalue weighted by atomic mass is 16.6. The predicted molar refractivity (Wildman–Crippen MR) is 156 cm³/mol. The van der Waals surface area contributed by atoms with E-state index in [9.17, 15) is 29.7 Å². The van der Waals surface area contributed by atoms with Crippen LogP contribution in [-0.2, 0) is 35.7 Å². The van der Waals surface area contributed by atoms with Gasteiger partial charge < -0.3 is 39.7 Å². The number of likely N-dealkylation sites (tertiary alicyclic amines) is 1. The van der Waals surface area contributed by atoms with Crippen LogP contribution in [0.1, 0.15) is 62.8 Å². The minimum atomic E-state index is -1.58. The smallest absolute Gasteiger partial charge is 0.329 e. The summed E-state index contributed by atoms with van der Waals surface area (Å²) in [6, 6.07) is 9.98. The summed E-state index contributed by atoms with van der Waals surface area (Å²) in [6.45, 7) is 5.64. The number of carbonyl (C=O) groups is 3. The number of aromatic hydroxyl groups is 1. The molecular formula is C33H38N2O9. The summed E-state index contributed by atoms with van der Waals surface area (Å²) in [5, 5.41) is 36.0. The molecule has 6 rings (SSSR count). The minimum Gasteiger partial charge on any atom is -0.504 e. The number of benzene rings is 2. The number of ether oxygens (including phenoxy) is 3. The summed E-state index contributed by atoms with van der Waals surface area (Å²) in [6.07, 6.45) is -0.131. The number of phenols is 1. The number of phenolic OH excluding ortho intramolecular Hbond substituents is 1. The molecule has 4 aliphatic rings. The van der Waals surface area contributed by atoms with E-state index in [0.717, 1.165) is 11.1 Å². The molecule has 4 N–H and O–H groups in total. The second-order valence-electron chi connectivity index (χ2n) is 13.2. The SMILES string of the molecule is CN1CC[C@]23c4c5ccc(O)c4O[C@H]2C(OC(=O)C[C@H](NC(=O)[C@@H](O)c2ccccc2)C(=O)OC(C)(C)C)=CC[C@@]3(O)[C@H]1C5. The summed E-state index contributed by atoms with van der Waals surface area (Å²) in [5.41, 5.74) is -1.04. The highest BCUT2D eigenvalue weighted by Crippen LogP contribution is 2.65. The number of hydrogen-bond acceptors (Lipinski definition) is 10. The Bertz CT molecular complexity index is 1530. The first kappa shape index (κ1) is 30.1. The molecule has 6 atom stereocenters. The average Bonchev–Trinajstić information content (AvgIpc) is 3.33. The lowest BCUT2D eigenvalue weighted by molar-refractivity contribution is -0.170. The van der Waals surface area contributed by atoms with Gasteiger partial charge in [0.1, 0.15) is 17.4 Å². The normalized spacial score (nSPS) is 28.1. The van der Waals surface area contributed by atoms with Crippen LogP contribution < -0.4 is 10.1 Å². The van der Waals surface area contributed by atoms with Crippen molar-refractivity contribution in [3.63, 3.8) is 0 Å². The van der Waals surface area contributed by atoms with Gasteiger partial charge in [0.2, 0.25) is 0 Å². The third-order valence-corrected chi connectivity index (χ3v) is 9.33. The fourth-order valence-corrected chi connectivity index (χ4v) is 7.38. The molecule has 1 fully saturated rings. The molecule has 0 saturated carbocycles. The van der Waals surface area contributed by atoms with E-state index in [1.54, 1.807) is 63.2 Å². The second kappa shape index (κ2) is 10.6. The number of hydrogen-bond donors (Lipinski definition) is 4. The Morgan fingerprint density at radius 2 is 1.89 bits per heavy atom. The van der Waals surface area contributed by atoms with Crippen LogP contribution in [0, 0.1) is 0 Å². The lowest BCUT2D eigenvalue weighted by atomic mass is 9.50. The number of aliphatic hydroxyl groups excluding tert-OH is 1. The zero-order valence-corrected chi connectivity index (χ0v) is 25.2. The number of aliphatic hydroxyl groups is 2. The van der Waals surface area contributed by atoms with E-state index in [1.807, 2.05) is 13.1 Å². The summed E-state index contributed by atoms with van der Waals surface area (Å²) < 4.78 is 17.6. The fourth-order valence-electron chi connectivity index (χ4n) is 7.38. The van der Waals surface area contributed by atoms with E-state index < -0.39 is 59.1 Å². The molecule has 11 nitrogen and oxygen atoms in total. The molecule has 2 aliphatic heterocycles. The maximum atomic E-state index is 13.4. The summed E-state index contributed by atoms with van der Waals surface area (Å²) in [7, 11) is 1.98. The van der Waals surface area contributed by atoms with Crippen molar-refractivity contribution < 1.29 is 43.9 Å². The molecule has 1 amide bonds. The maximum Gasteiger partial charge on any atom is 0.329 e. The van der Waals surface area contributed by atoms with Crippen molar-refractivity contribution in [3.05, 3.63) is 71.0 Å². The van der Waals surface area contributed by atoms with Gasteiger partial charge in [-0.15, -0.1) is 0 Å². The molecule has 2 heterocycles. The topological polar surface area (TPSA) is 155 Å². The molecule has 0 aromatic heterocycles. The quantitative estimate of drug-likeness (QED) is 0.345. The minimum absolute atomic E-state index is 0.0531. The Kier molecular flexibility index (Phi) is 7.26. The number of amides is 1. The zero-order valence-electron chi connectivity index (χ0n) is 25.2.